The van der Waals surface area contributed by atoms with Crippen molar-refractivity contribution in [3.8, 4) is 5.75 Å². The van der Waals surface area contributed by atoms with Crippen LogP contribution in [0, 0.1) is 5.92 Å². The van der Waals surface area contributed by atoms with Gasteiger partial charge < -0.3 is 15.4 Å². The second-order valence-corrected chi connectivity index (χ2v) is 8.51. The van der Waals surface area contributed by atoms with E-state index in [0.717, 1.165) is 10.0 Å². The molecule has 2 amide bonds. The molecule has 3 aromatic rings. The first-order valence-corrected chi connectivity index (χ1v) is 10.9. The number of hydrogen-bond donors (Lipinski definition) is 2. The maximum atomic E-state index is 12.9. The topological polar surface area (TPSA) is 67.4 Å². The summed E-state index contributed by atoms with van der Waals surface area (Å²) in [5.74, 6) is 0.469. The van der Waals surface area contributed by atoms with Crippen molar-refractivity contribution in [1.82, 2.24) is 0 Å². The van der Waals surface area contributed by atoms with Gasteiger partial charge in [0, 0.05) is 15.8 Å². The Labute approximate surface area is 191 Å². The third-order valence-electron chi connectivity index (χ3n) is 4.37. The molecule has 3 rings (SSSR count). The molecule has 0 saturated heterocycles. The summed E-state index contributed by atoms with van der Waals surface area (Å²) in [6, 6.07) is 22.0. The number of carbonyl (C=O) groups excluding carboxylic acids is 2. The van der Waals surface area contributed by atoms with E-state index in [1.54, 1.807) is 36.4 Å². The van der Waals surface area contributed by atoms with Crippen molar-refractivity contribution < 1.29 is 14.3 Å². The van der Waals surface area contributed by atoms with Gasteiger partial charge in [-0.15, -0.1) is 0 Å². The second kappa shape index (κ2) is 10.8. The van der Waals surface area contributed by atoms with Gasteiger partial charge in [-0.25, -0.2) is 0 Å². The number of benzene rings is 3. The minimum absolute atomic E-state index is 0.119. The van der Waals surface area contributed by atoms with Crippen LogP contribution in [0.15, 0.2) is 77.3 Å². The van der Waals surface area contributed by atoms with Crippen molar-refractivity contribution in [3.05, 3.63) is 88.4 Å². The second-order valence-electron chi connectivity index (χ2n) is 7.59. The zero-order valence-corrected chi connectivity index (χ0v) is 19.1. The van der Waals surface area contributed by atoms with E-state index in [1.165, 1.54) is 0 Å². The van der Waals surface area contributed by atoms with Gasteiger partial charge in [0.15, 0.2) is 0 Å². The minimum Gasteiger partial charge on any atom is -0.492 e. The highest BCUT2D eigenvalue weighted by molar-refractivity contribution is 9.10. The molecule has 2 N–H and O–H groups in total. The van der Waals surface area contributed by atoms with Gasteiger partial charge in [-0.1, -0.05) is 66.2 Å². The van der Waals surface area contributed by atoms with E-state index in [-0.39, 0.29) is 18.2 Å². The molecule has 31 heavy (non-hydrogen) atoms. The van der Waals surface area contributed by atoms with Crippen molar-refractivity contribution in [2.45, 2.75) is 20.3 Å². The Kier molecular flexibility index (Phi) is 7.84. The summed E-state index contributed by atoms with van der Waals surface area (Å²) in [5.41, 5.74) is 2.57. The summed E-state index contributed by atoms with van der Waals surface area (Å²) < 4.78 is 6.60. The van der Waals surface area contributed by atoms with E-state index in [4.69, 9.17) is 4.74 Å². The fourth-order valence-electron chi connectivity index (χ4n) is 2.92. The summed E-state index contributed by atoms with van der Waals surface area (Å²) in [4.78, 5) is 25.2. The van der Waals surface area contributed by atoms with E-state index in [1.807, 2.05) is 36.4 Å². The number of amides is 2. The van der Waals surface area contributed by atoms with Crippen LogP contribution in [0.3, 0.4) is 0 Å². The van der Waals surface area contributed by atoms with Crippen LogP contribution in [-0.2, 0) is 11.2 Å². The lowest BCUT2D eigenvalue weighted by Gasteiger charge is -2.14. The average Bonchev–Trinajstić information content (AvgIpc) is 2.73. The standard InChI is InChI=1S/C25H25BrN2O3/c1-17(2)16-31-23-12-11-19(26)14-22(23)25(30)28-21-10-6-9-20(15-21)27-24(29)13-18-7-4-3-5-8-18/h3-12,14-15,17H,13,16H2,1-2H3,(H,27,29)(H,28,30). The van der Waals surface area contributed by atoms with Crippen molar-refractivity contribution in [2.24, 2.45) is 5.92 Å². The van der Waals surface area contributed by atoms with Crippen LogP contribution < -0.4 is 15.4 Å². The first-order chi connectivity index (χ1) is 14.9. The Morgan fingerprint density at radius 3 is 2.32 bits per heavy atom. The first-order valence-electron chi connectivity index (χ1n) is 10.1. The molecule has 160 valence electrons. The van der Waals surface area contributed by atoms with Gasteiger partial charge in [0.25, 0.3) is 5.91 Å². The van der Waals surface area contributed by atoms with E-state index in [9.17, 15) is 9.59 Å². The lowest BCUT2D eigenvalue weighted by atomic mass is 10.1. The Morgan fingerprint density at radius 1 is 0.903 bits per heavy atom. The predicted octanol–water partition coefficient (Wildman–Crippen LogP) is 5.92. The first kappa shape index (κ1) is 22.6. The number of hydrogen-bond acceptors (Lipinski definition) is 3. The molecule has 0 bridgehead atoms. The minimum atomic E-state index is -0.284. The highest BCUT2D eigenvalue weighted by atomic mass is 79.9. The highest BCUT2D eigenvalue weighted by Crippen LogP contribution is 2.25. The van der Waals surface area contributed by atoms with Crippen LogP contribution in [0.1, 0.15) is 29.8 Å². The Balaban J connectivity index is 1.68. The van der Waals surface area contributed by atoms with Gasteiger partial charge in [0.2, 0.25) is 5.91 Å². The van der Waals surface area contributed by atoms with Gasteiger partial charge >= 0.3 is 0 Å². The molecule has 0 heterocycles. The third kappa shape index (κ3) is 6.96. The Morgan fingerprint density at radius 2 is 1.61 bits per heavy atom. The van der Waals surface area contributed by atoms with E-state index < -0.39 is 0 Å². The molecule has 0 radical (unpaired) electrons. The maximum Gasteiger partial charge on any atom is 0.259 e. The number of nitrogens with one attached hydrogen (secondary N) is 2. The summed E-state index contributed by atoms with van der Waals surface area (Å²) >= 11 is 3.41. The SMILES string of the molecule is CC(C)COc1ccc(Br)cc1C(=O)Nc1cccc(NC(=O)Cc2ccccc2)c1. The summed E-state index contributed by atoms with van der Waals surface area (Å²) in [6.07, 6.45) is 0.284. The van der Waals surface area contributed by atoms with Crippen LogP contribution in [-0.4, -0.2) is 18.4 Å². The molecule has 0 unspecified atom stereocenters. The van der Waals surface area contributed by atoms with Crippen molar-refractivity contribution in [1.29, 1.82) is 0 Å². The fourth-order valence-corrected chi connectivity index (χ4v) is 3.28. The fraction of sp³-hybridized carbons (Fsp3) is 0.200. The third-order valence-corrected chi connectivity index (χ3v) is 4.86. The quantitative estimate of drug-likeness (QED) is 0.420. The van der Waals surface area contributed by atoms with Crippen molar-refractivity contribution in [2.75, 3.05) is 17.2 Å². The van der Waals surface area contributed by atoms with E-state index >= 15 is 0 Å². The monoisotopic (exact) mass is 480 g/mol. The van der Waals surface area contributed by atoms with Crippen molar-refractivity contribution >= 4 is 39.1 Å². The molecule has 3 aromatic carbocycles. The number of ether oxygens (including phenoxy) is 1. The van der Waals surface area contributed by atoms with E-state index in [2.05, 4.69) is 40.4 Å². The van der Waals surface area contributed by atoms with Crippen molar-refractivity contribution in [3.63, 3.8) is 0 Å². The molecule has 0 spiro atoms. The summed E-state index contributed by atoms with van der Waals surface area (Å²) in [6.45, 7) is 4.62. The normalized spacial score (nSPS) is 10.6. The average molecular weight is 481 g/mol. The van der Waals surface area contributed by atoms with Gasteiger partial charge in [0.05, 0.1) is 18.6 Å². The lowest BCUT2D eigenvalue weighted by molar-refractivity contribution is -0.115. The molecular formula is C25H25BrN2O3. The summed E-state index contributed by atoms with van der Waals surface area (Å²) in [7, 11) is 0. The lowest BCUT2D eigenvalue weighted by Crippen LogP contribution is -2.16. The molecule has 0 aliphatic rings. The molecule has 0 saturated carbocycles. The zero-order valence-electron chi connectivity index (χ0n) is 17.5. The van der Waals surface area contributed by atoms with Gasteiger partial charge in [-0.05, 0) is 47.9 Å². The Bertz CT molecular complexity index is 1050. The van der Waals surface area contributed by atoms with Crippen LogP contribution in [0.25, 0.3) is 0 Å². The van der Waals surface area contributed by atoms with Crippen LogP contribution in [0.4, 0.5) is 11.4 Å². The number of rotatable bonds is 8. The highest BCUT2D eigenvalue weighted by Gasteiger charge is 2.15. The van der Waals surface area contributed by atoms with Crippen LogP contribution in [0.5, 0.6) is 5.75 Å². The molecule has 0 aliphatic heterocycles. The smallest absolute Gasteiger partial charge is 0.259 e. The van der Waals surface area contributed by atoms with Crippen LogP contribution >= 0.6 is 15.9 Å². The zero-order chi connectivity index (χ0) is 22.2. The van der Waals surface area contributed by atoms with E-state index in [0.29, 0.717) is 35.2 Å². The molecule has 6 heteroatoms. The summed E-state index contributed by atoms with van der Waals surface area (Å²) in [5, 5.41) is 5.76. The molecule has 0 atom stereocenters. The van der Waals surface area contributed by atoms with Crippen LogP contribution in [0.2, 0.25) is 0 Å². The molecule has 0 aromatic heterocycles. The number of carbonyl (C=O) groups is 2. The molecule has 0 fully saturated rings. The molecular weight excluding hydrogens is 456 g/mol. The maximum absolute atomic E-state index is 12.9. The number of halogens is 1. The molecule has 5 nitrogen and oxygen atoms in total. The van der Waals surface area contributed by atoms with Gasteiger partial charge in [-0.2, -0.15) is 0 Å². The number of anilines is 2. The van der Waals surface area contributed by atoms with Gasteiger partial charge in [0.1, 0.15) is 5.75 Å². The largest absolute Gasteiger partial charge is 0.492 e. The van der Waals surface area contributed by atoms with Gasteiger partial charge in [-0.3, -0.25) is 9.59 Å². The predicted molar refractivity (Wildman–Crippen MR) is 128 cm³/mol. The Hall–Kier alpha value is -3.12. The molecule has 0 aliphatic carbocycles.